The van der Waals surface area contributed by atoms with Crippen LogP contribution in [0.1, 0.15) is 10.5 Å². The van der Waals surface area contributed by atoms with Crippen molar-refractivity contribution in [2.24, 2.45) is 0 Å². The van der Waals surface area contributed by atoms with Gasteiger partial charge < -0.3 is 5.32 Å². The van der Waals surface area contributed by atoms with Gasteiger partial charge >= 0.3 is 0 Å². The third-order valence-electron chi connectivity index (χ3n) is 2.52. The molecule has 0 unspecified atom stereocenters. The number of carbonyl (C=O) groups is 1. The van der Waals surface area contributed by atoms with Gasteiger partial charge in [0.05, 0.1) is 6.20 Å². The summed E-state index contributed by atoms with van der Waals surface area (Å²) < 4.78 is 0. The van der Waals surface area contributed by atoms with E-state index in [4.69, 9.17) is 0 Å². The number of nitrogens with one attached hydrogen (secondary N) is 2. The van der Waals surface area contributed by atoms with Gasteiger partial charge in [-0.3, -0.25) is 9.78 Å². The second-order valence-electron chi connectivity index (χ2n) is 3.86. The molecule has 8 heteroatoms. The van der Waals surface area contributed by atoms with Crippen molar-refractivity contribution in [3.8, 4) is 11.4 Å². The Morgan fingerprint density at radius 1 is 1.25 bits per heavy atom. The highest BCUT2D eigenvalue weighted by molar-refractivity contribution is 6.02. The molecule has 20 heavy (non-hydrogen) atoms. The predicted octanol–water partition coefficient (Wildman–Crippen LogP) is 0.909. The lowest BCUT2D eigenvalue weighted by atomic mass is 10.2. The molecule has 0 atom stereocenters. The maximum Gasteiger partial charge on any atom is 0.275 e. The number of aromatic amines is 1. The van der Waals surface area contributed by atoms with Crippen LogP contribution in [0.4, 0.5) is 5.69 Å². The van der Waals surface area contributed by atoms with Crippen molar-refractivity contribution in [3.63, 3.8) is 0 Å². The van der Waals surface area contributed by atoms with E-state index >= 15 is 0 Å². The lowest BCUT2D eigenvalue weighted by molar-refractivity contribution is 0.102. The van der Waals surface area contributed by atoms with E-state index in [0.717, 1.165) is 5.56 Å². The highest BCUT2D eigenvalue weighted by atomic mass is 16.1. The molecule has 0 fully saturated rings. The second-order valence-corrected chi connectivity index (χ2v) is 3.86. The van der Waals surface area contributed by atoms with Gasteiger partial charge in [0.25, 0.3) is 5.91 Å². The van der Waals surface area contributed by atoms with E-state index in [2.05, 4.69) is 35.9 Å². The molecule has 0 aliphatic carbocycles. The first-order valence-corrected chi connectivity index (χ1v) is 5.74. The fourth-order valence-corrected chi connectivity index (χ4v) is 1.63. The third-order valence-corrected chi connectivity index (χ3v) is 2.52. The number of hydrogen-bond donors (Lipinski definition) is 2. The molecule has 0 aliphatic rings. The number of nitrogens with zero attached hydrogens (tertiary/aromatic N) is 5. The Kier molecular flexibility index (Phi) is 3.11. The number of carbonyl (C=O) groups excluding carboxylic acids is 1. The van der Waals surface area contributed by atoms with E-state index < -0.39 is 0 Å². The molecule has 98 valence electrons. The van der Waals surface area contributed by atoms with Gasteiger partial charge in [-0.15, -0.1) is 10.2 Å². The number of H-pyrrole nitrogens is 1. The summed E-state index contributed by atoms with van der Waals surface area (Å²) in [5, 5.41) is 16.4. The molecule has 0 saturated carbocycles. The Bertz CT molecular complexity index is 712. The Morgan fingerprint density at radius 3 is 2.95 bits per heavy atom. The predicted molar refractivity (Wildman–Crippen MR) is 69.6 cm³/mol. The van der Waals surface area contributed by atoms with E-state index in [-0.39, 0.29) is 11.6 Å². The van der Waals surface area contributed by atoms with Crippen LogP contribution in [0.3, 0.4) is 0 Å². The summed E-state index contributed by atoms with van der Waals surface area (Å²) in [5.74, 6) is 0.129. The molecule has 2 aromatic heterocycles. The summed E-state index contributed by atoms with van der Waals surface area (Å²) in [6.07, 6.45) is 4.37. The molecule has 0 saturated heterocycles. The molecule has 0 bridgehead atoms. The Hall–Kier alpha value is -3.16. The van der Waals surface area contributed by atoms with Gasteiger partial charge in [0.1, 0.15) is 5.69 Å². The van der Waals surface area contributed by atoms with Gasteiger partial charge in [0.15, 0.2) is 0 Å². The largest absolute Gasteiger partial charge is 0.321 e. The molecular weight excluding hydrogens is 258 g/mol. The summed E-state index contributed by atoms with van der Waals surface area (Å²) in [4.78, 5) is 19.7. The third kappa shape index (κ3) is 2.48. The Balaban J connectivity index is 1.82. The first-order valence-electron chi connectivity index (χ1n) is 5.74. The van der Waals surface area contributed by atoms with E-state index in [1.165, 1.54) is 18.6 Å². The minimum Gasteiger partial charge on any atom is -0.321 e. The second kappa shape index (κ2) is 5.22. The van der Waals surface area contributed by atoms with Gasteiger partial charge in [-0.2, -0.15) is 5.21 Å². The number of tetrazole rings is 1. The highest BCUT2D eigenvalue weighted by Crippen LogP contribution is 2.18. The maximum atomic E-state index is 11.9. The molecule has 8 nitrogen and oxygen atoms in total. The zero-order valence-electron chi connectivity index (χ0n) is 10.2. The van der Waals surface area contributed by atoms with Gasteiger partial charge in [-0.1, -0.05) is 12.1 Å². The summed E-state index contributed by atoms with van der Waals surface area (Å²) in [5.41, 5.74) is 1.61. The normalized spacial score (nSPS) is 10.2. The molecule has 1 aromatic carbocycles. The van der Waals surface area contributed by atoms with E-state index in [0.29, 0.717) is 11.5 Å². The van der Waals surface area contributed by atoms with Gasteiger partial charge in [0, 0.05) is 23.6 Å². The molecule has 3 rings (SSSR count). The molecule has 2 N–H and O–H groups in total. The number of hydrogen-bond acceptors (Lipinski definition) is 6. The summed E-state index contributed by atoms with van der Waals surface area (Å²) in [6.45, 7) is 0. The van der Waals surface area contributed by atoms with Crippen molar-refractivity contribution in [2.45, 2.75) is 0 Å². The smallest absolute Gasteiger partial charge is 0.275 e. The van der Waals surface area contributed by atoms with Crippen LogP contribution in [0.15, 0.2) is 42.9 Å². The van der Waals surface area contributed by atoms with Gasteiger partial charge in [-0.25, -0.2) is 4.98 Å². The minimum absolute atomic E-state index is 0.248. The standard InChI is InChI=1S/C12H9N7O/c20-12(10-7-13-4-5-14-10)15-9-3-1-2-8(6-9)11-16-18-19-17-11/h1-7H,(H,15,20)(H,16,17,18,19). The number of aromatic nitrogens is 6. The first-order chi connectivity index (χ1) is 9.83. The van der Waals surface area contributed by atoms with Gasteiger partial charge in [0.2, 0.25) is 5.82 Å². The fourth-order valence-electron chi connectivity index (χ4n) is 1.63. The minimum atomic E-state index is -0.330. The topological polar surface area (TPSA) is 109 Å². The maximum absolute atomic E-state index is 11.9. The first kappa shape index (κ1) is 11.9. The van der Waals surface area contributed by atoms with Crippen LogP contribution < -0.4 is 5.32 Å². The fraction of sp³-hybridized carbons (Fsp3) is 0. The van der Waals surface area contributed by atoms with Crippen LogP contribution in [0.2, 0.25) is 0 Å². The number of benzene rings is 1. The van der Waals surface area contributed by atoms with E-state index in [1.807, 2.05) is 6.07 Å². The SMILES string of the molecule is O=C(Nc1cccc(-c2nn[nH]n2)c1)c1cnccn1. The van der Waals surface area contributed by atoms with Crippen LogP contribution in [0.5, 0.6) is 0 Å². The summed E-state index contributed by atoms with van der Waals surface area (Å²) in [7, 11) is 0. The van der Waals surface area contributed by atoms with Crippen LogP contribution >= 0.6 is 0 Å². The Morgan fingerprint density at radius 2 is 2.20 bits per heavy atom. The van der Waals surface area contributed by atoms with Crippen molar-refractivity contribution < 1.29 is 4.79 Å². The van der Waals surface area contributed by atoms with Crippen molar-refractivity contribution in [1.29, 1.82) is 0 Å². The molecule has 3 aromatic rings. The lowest BCUT2D eigenvalue weighted by Gasteiger charge is -2.05. The zero-order valence-corrected chi connectivity index (χ0v) is 10.2. The molecular formula is C12H9N7O. The van der Waals surface area contributed by atoms with Crippen LogP contribution in [-0.4, -0.2) is 36.5 Å². The molecule has 0 spiro atoms. The van der Waals surface area contributed by atoms with Crippen LogP contribution in [-0.2, 0) is 0 Å². The van der Waals surface area contributed by atoms with Crippen molar-refractivity contribution in [3.05, 3.63) is 48.5 Å². The monoisotopic (exact) mass is 267 g/mol. The molecule has 0 aliphatic heterocycles. The molecule has 0 radical (unpaired) electrons. The quantitative estimate of drug-likeness (QED) is 0.730. The van der Waals surface area contributed by atoms with Crippen molar-refractivity contribution in [1.82, 2.24) is 30.6 Å². The van der Waals surface area contributed by atoms with Crippen LogP contribution in [0.25, 0.3) is 11.4 Å². The molecule has 1 amide bonds. The number of anilines is 1. The number of rotatable bonds is 3. The van der Waals surface area contributed by atoms with Gasteiger partial charge in [-0.05, 0) is 17.3 Å². The lowest BCUT2D eigenvalue weighted by Crippen LogP contribution is -2.13. The van der Waals surface area contributed by atoms with Crippen molar-refractivity contribution in [2.75, 3.05) is 5.32 Å². The van der Waals surface area contributed by atoms with E-state index in [9.17, 15) is 4.79 Å². The Labute approximate surface area is 113 Å². The van der Waals surface area contributed by atoms with Crippen LogP contribution in [0, 0.1) is 0 Å². The average Bonchev–Trinajstić information content (AvgIpc) is 3.03. The van der Waals surface area contributed by atoms with Crippen molar-refractivity contribution >= 4 is 11.6 Å². The highest BCUT2D eigenvalue weighted by Gasteiger charge is 2.09. The molecule has 2 heterocycles. The van der Waals surface area contributed by atoms with E-state index in [1.54, 1.807) is 18.2 Å². The zero-order chi connectivity index (χ0) is 13.8. The average molecular weight is 267 g/mol. The summed E-state index contributed by atoms with van der Waals surface area (Å²) in [6, 6.07) is 7.12. The number of amides is 1. The summed E-state index contributed by atoms with van der Waals surface area (Å²) >= 11 is 0.